The molecule has 1 saturated carbocycles. The molecule has 144 valence electrons. The Morgan fingerprint density at radius 1 is 0.741 bits per heavy atom. The molecule has 0 heterocycles. The molecule has 27 heavy (non-hydrogen) atoms. The highest BCUT2D eigenvalue weighted by Crippen LogP contribution is 2.40. The summed E-state index contributed by atoms with van der Waals surface area (Å²) in [5.41, 5.74) is 1.57. The molecule has 2 aromatic carbocycles. The van der Waals surface area contributed by atoms with Crippen LogP contribution >= 0.6 is 0 Å². The summed E-state index contributed by atoms with van der Waals surface area (Å²) in [4.78, 5) is 0. The predicted octanol–water partition coefficient (Wildman–Crippen LogP) is 6.54. The van der Waals surface area contributed by atoms with Crippen molar-refractivity contribution in [3.63, 3.8) is 0 Å². The topological polar surface area (TPSA) is 0 Å². The van der Waals surface area contributed by atoms with Crippen LogP contribution < -0.4 is 0 Å². The van der Waals surface area contributed by atoms with Crippen LogP contribution in [0, 0.1) is 35.1 Å². The minimum absolute atomic E-state index is 0.00454. The van der Waals surface area contributed by atoms with Crippen LogP contribution in [0.25, 0.3) is 11.1 Å². The fourth-order valence-electron chi connectivity index (χ4n) is 4.72. The van der Waals surface area contributed by atoms with Crippen molar-refractivity contribution in [2.75, 3.05) is 0 Å². The minimum Gasteiger partial charge on any atom is -0.247 e. The summed E-state index contributed by atoms with van der Waals surface area (Å²) < 4.78 is 68.6. The summed E-state index contributed by atoms with van der Waals surface area (Å²) in [6.45, 7) is 0. The lowest BCUT2D eigenvalue weighted by Gasteiger charge is -2.35. The molecular formula is C22H21F5. The zero-order chi connectivity index (χ0) is 19.1. The van der Waals surface area contributed by atoms with Crippen molar-refractivity contribution in [3.8, 4) is 11.1 Å². The Kier molecular flexibility index (Phi) is 4.95. The molecule has 2 aliphatic carbocycles. The molecule has 0 amide bonds. The van der Waals surface area contributed by atoms with Gasteiger partial charge in [0.2, 0.25) is 0 Å². The zero-order valence-electron chi connectivity index (χ0n) is 14.9. The van der Waals surface area contributed by atoms with Crippen LogP contribution in [-0.4, -0.2) is 6.17 Å². The third kappa shape index (κ3) is 3.48. The van der Waals surface area contributed by atoms with Gasteiger partial charge in [-0.05, 0) is 85.6 Å². The molecular weight excluding hydrogens is 359 g/mol. The van der Waals surface area contributed by atoms with Crippen LogP contribution in [0.3, 0.4) is 0 Å². The molecule has 0 bridgehead atoms. The number of halogens is 5. The second-order valence-corrected chi connectivity index (χ2v) is 7.83. The van der Waals surface area contributed by atoms with E-state index in [0.717, 1.165) is 43.4 Å². The number of benzene rings is 2. The first kappa shape index (κ1) is 18.5. The van der Waals surface area contributed by atoms with Crippen LogP contribution in [0.5, 0.6) is 0 Å². The van der Waals surface area contributed by atoms with E-state index in [1.54, 1.807) is 6.07 Å². The van der Waals surface area contributed by atoms with Crippen molar-refractivity contribution in [3.05, 3.63) is 58.7 Å². The van der Waals surface area contributed by atoms with Gasteiger partial charge in [0.25, 0.3) is 0 Å². The highest BCUT2D eigenvalue weighted by atomic mass is 19.2. The monoisotopic (exact) mass is 380 g/mol. The fourth-order valence-corrected chi connectivity index (χ4v) is 4.72. The van der Waals surface area contributed by atoms with E-state index in [2.05, 4.69) is 0 Å². The summed E-state index contributed by atoms with van der Waals surface area (Å²) in [6, 6.07) is 4.97. The maximum Gasteiger partial charge on any atom is 0.194 e. The SMILES string of the molecule is Fc1cc(-c2ccc3c(c2F)CCC(C2CCC(F)CC2)C3)cc(F)c1F. The van der Waals surface area contributed by atoms with Gasteiger partial charge in [0.15, 0.2) is 17.5 Å². The Morgan fingerprint density at radius 3 is 2.07 bits per heavy atom. The van der Waals surface area contributed by atoms with Crippen LogP contribution in [0.4, 0.5) is 22.0 Å². The number of fused-ring (bicyclic) bond motifs is 1. The highest BCUT2D eigenvalue weighted by Gasteiger charge is 2.31. The van der Waals surface area contributed by atoms with E-state index in [-0.39, 0.29) is 11.1 Å². The number of alkyl halides is 1. The second kappa shape index (κ2) is 7.25. The maximum absolute atomic E-state index is 15.0. The molecule has 2 aliphatic rings. The Bertz CT molecular complexity index is 829. The number of rotatable bonds is 2. The molecule has 5 heteroatoms. The Hall–Kier alpha value is -1.91. The van der Waals surface area contributed by atoms with Crippen molar-refractivity contribution < 1.29 is 22.0 Å². The molecule has 0 aromatic heterocycles. The molecule has 0 nitrogen and oxygen atoms in total. The molecule has 0 saturated heterocycles. The van der Waals surface area contributed by atoms with Crippen LogP contribution in [0.1, 0.15) is 43.2 Å². The van der Waals surface area contributed by atoms with Gasteiger partial charge < -0.3 is 0 Å². The van der Waals surface area contributed by atoms with Gasteiger partial charge in [0.1, 0.15) is 12.0 Å². The van der Waals surface area contributed by atoms with E-state index in [9.17, 15) is 17.6 Å². The molecule has 0 radical (unpaired) electrons. The summed E-state index contributed by atoms with van der Waals surface area (Å²) in [7, 11) is 0. The molecule has 2 aromatic rings. The van der Waals surface area contributed by atoms with Gasteiger partial charge >= 0.3 is 0 Å². The largest absolute Gasteiger partial charge is 0.247 e. The minimum atomic E-state index is -1.55. The molecule has 0 spiro atoms. The first-order chi connectivity index (χ1) is 12.9. The number of hydrogen-bond acceptors (Lipinski definition) is 0. The molecule has 1 fully saturated rings. The van der Waals surface area contributed by atoms with Crippen molar-refractivity contribution in [1.29, 1.82) is 0 Å². The fraction of sp³-hybridized carbons (Fsp3) is 0.455. The average Bonchev–Trinajstić information content (AvgIpc) is 2.66. The number of hydrogen-bond donors (Lipinski definition) is 0. The first-order valence-electron chi connectivity index (χ1n) is 9.53. The van der Waals surface area contributed by atoms with Gasteiger partial charge in [-0.1, -0.05) is 12.1 Å². The molecule has 1 atom stereocenters. The van der Waals surface area contributed by atoms with Gasteiger partial charge in [-0.3, -0.25) is 0 Å². The first-order valence-corrected chi connectivity index (χ1v) is 9.53. The smallest absolute Gasteiger partial charge is 0.194 e. The Morgan fingerprint density at radius 2 is 1.41 bits per heavy atom. The third-order valence-electron chi connectivity index (χ3n) is 6.25. The van der Waals surface area contributed by atoms with E-state index < -0.39 is 29.4 Å². The lowest BCUT2D eigenvalue weighted by molar-refractivity contribution is 0.157. The van der Waals surface area contributed by atoms with E-state index in [4.69, 9.17) is 0 Å². The van der Waals surface area contributed by atoms with Gasteiger partial charge in [-0.25, -0.2) is 22.0 Å². The van der Waals surface area contributed by atoms with Gasteiger partial charge in [-0.2, -0.15) is 0 Å². The summed E-state index contributed by atoms with van der Waals surface area (Å²) in [5.74, 6) is -3.78. The molecule has 4 rings (SSSR count). The Balaban J connectivity index is 1.60. The van der Waals surface area contributed by atoms with Crippen LogP contribution in [0.2, 0.25) is 0 Å². The normalized spacial score (nSPS) is 25.3. The highest BCUT2D eigenvalue weighted by molar-refractivity contribution is 5.66. The lowest BCUT2D eigenvalue weighted by Crippen LogP contribution is -2.27. The zero-order valence-corrected chi connectivity index (χ0v) is 14.9. The van der Waals surface area contributed by atoms with Gasteiger partial charge in [-0.15, -0.1) is 0 Å². The Labute approximate surface area is 155 Å². The maximum atomic E-state index is 15.0. The van der Waals surface area contributed by atoms with Crippen LogP contribution in [0.15, 0.2) is 24.3 Å². The molecule has 0 aliphatic heterocycles. The van der Waals surface area contributed by atoms with E-state index >= 15 is 4.39 Å². The van der Waals surface area contributed by atoms with Gasteiger partial charge in [0, 0.05) is 5.56 Å². The van der Waals surface area contributed by atoms with Crippen molar-refractivity contribution in [1.82, 2.24) is 0 Å². The van der Waals surface area contributed by atoms with Crippen molar-refractivity contribution in [2.24, 2.45) is 11.8 Å². The molecule has 1 unspecified atom stereocenters. The van der Waals surface area contributed by atoms with Crippen LogP contribution in [-0.2, 0) is 12.8 Å². The second-order valence-electron chi connectivity index (χ2n) is 7.83. The standard InChI is InChI=1S/C22H21F5/c23-16-5-1-12(2-6-16)13-3-7-17-14(9-13)4-8-18(21(17)26)15-10-19(24)22(27)20(25)11-15/h4,8,10-13,16H,1-3,5-7,9H2. The molecule has 0 N–H and O–H groups in total. The van der Waals surface area contributed by atoms with E-state index in [1.807, 2.05) is 0 Å². The van der Waals surface area contributed by atoms with Crippen molar-refractivity contribution in [2.45, 2.75) is 51.1 Å². The average molecular weight is 380 g/mol. The van der Waals surface area contributed by atoms with E-state index in [1.165, 1.54) is 6.07 Å². The summed E-state index contributed by atoms with van der Waals surface area (Å²) in [5, 5.41) is 0. The predicted molar refractivity (Wildman–Crippen MR) is 94.1 cm³/mol. The summed E-state index contributed by atoms with van der Waals surface area (Å²) >= 11 is 0. The summed E-state index contributed by atoms with van der Waals surface area (Å²) in [6.07, 6.45) is 4.45. The van der Waals surface area contributed by atoms with Crippen molar-refractivity contribution >= 4 is 0 Å². The van der Waals surface area contributed by atoms with E-state index in [0.29, 0.717) is 36.7 Å². The quantitative estimate of drug-likeness (QED) is 0.410. The lowest BCUT2D eigenvalue weighted by atomic mass is 9.71. The third-order valence-corrected chi connectivity index (χ3v) is 6.25. The van der Waals surface area contributed by atoms with Gasteiger partial charge in [0.05, 0.1) is 0 Å².